The molecule has 0 aromatic heterocycles. The summed E-state index contributed by atoms with van der Waals surface area (Å²) >= 11 is 0. The van der Waals surface area contributed by atoms with Crippen LogP contribution in [0.2, 0.25) is 0 Å². The Balaban J connectivity index is 4.88. The van der Waals surface area contributed by atoms with E-state index in [4.69, 9.17) is 13.3 Å². The van der Waals surface area contributed by atoms with Gasteiger partial charge in [-0.05, 0) is 27.2 Å². The molecule has 5 nitrogen and oxygen atoms in total. The number of carbonyl (C=O) groups is 1. The van der Waals surface area contributed by atoms with E-state index in [-0.39, 0.29) is 5.91 Å². The van der Waals surface area contributed by atoms with Crippen molar-refractivity contribution in [3.8, 4) is 0 Å². The molecule has 0 heterocycles. The van der Waals surface area contributed by atoms with Crippen LogP contribution in [0, 0.1) is 0 Å². The molecule has 17 heavy (non-hydrogen) atoms. The average molecular weight is 263 g/mol. The van der Waals surface area contributed by atoms with E-state index in [9.17, 15) is 4.79 Å². The Morgan fingerprint density at radius 1 is 1.00 bits per heavy atom. The average Bonchev–Trinajstić information content (AvgIpc) is 2.29. The zero-order valence-corrected chi connectivity index (χ0v) is 12.6. The molecule has 0 rings (SSSR count). The monoisotopic (exact) mass is 263 g/mol. The van der Waals surface area contributed by atoms with Gasteiger partial charge in [-0.2, -0.15) is 0 Å². The van der Waals surface area contributed by atoms with E-state index in [1.165, 1.54) is 4.57 Å². The largest absolute Gasteiger partial charge is 0.635 e. The Hall–Kier alpha value is -0.433. The first-order valence-electron chi connectivity index (χ1n) is 6.26. The summed E-state index contributed by atoms with van der Waals surface area (Å²) in [7, 11) is -1.32. The molecule has 0 unspecified atom stereocenters. The van der Waals surface area contributed by atoms with E-state index in [1.54, 1.807) is 7.05 Å². The Morgan fingerprint density at radius 3 is 1.71 bits per heavy atom. The molecule has 0 spiro atoms. The predicted molar refractivity (Wildman–Crippen MR) is 68.3 cm³/mol. The number of nitrogens with zero attached hydrogens (tertiary/aromatic N) is 1. The van der Waals surface area contributed by atoms with Gasteiger partial charge in [-0.15, -0.1) is 0 Å². The summed E-state index contributed by atoms with van der Waals surface area (Å²) in [5.74, 6) is 0.00881. The van der Waals surface area contributed by atoms with E-state index in [0.29, 0.717) is 26.2 Å². The predicted octanol–water partition coefficient (Wildman–Crippen LogP) is 1.79. The van der Waals surface area contributed by atoms with Crippen molar-refractivity contribution in [1.29, 1.82) is 0 Å². The second kappa shape index (κ2) is 8.63. The van der Waals surface area contributed by atoms with E-state index >= 15 is 0 Å². The summed E-state index contributed by atoms with van der Waals surface area (Å²) in [6.45, 7) is 8.99. The van der Waals surface area contributed by atoms with Gasteiger partial charge in [-0.3, -0.25) is 4.79 Å². The van der Waals surface area contributed by atoms with Crippen LogP contribution >= 0.6 is 0 Å². The summed E-state index contributed by atoms with van der Waals surface area (Å²) in [5, 5.41) is 0. The molecule has 0 saturated carbocycles. The maximum Gasteiger partial charge on any atom is 0.635 e. The summed E-state index contributed by atoms with van der Waals surface area (Å²) in [6.07, 6.45) is 1.29. The second-order valence-corrected chi connectivity index (χ2v) is 6.11. The molecule has 0 aliphatic carbocycles. The summed E-state index contributed by atoms with van der Waals surface area (Å²) < 4.78 is 18.5. The van der Waals surface area contributed by atoms with Crippen molar-refractivity contribution in [2.24, 2.45) is 0 Å². The third-order valence-corrected chi connectivity index (χ3v) is 5.26. The SMILES string of the molecule is CCCC(=O)N(C)[Si](OCC)(OCC)OCC. The molecule has 1 amide bonds. The van der Waals surface area contributed by atoms with Gasteiger partial charge in [0.05, 0.1) is 0 Å². The van der Waals surface area contributed by atoms with Crippen LogP contribution in [0.3, 0.4) is 0 Å². The normalized spacial score (nSPS) is 11.6. The molecule has 0 aromatic carbocycles. The Bertz CT molecular complexity index is 208. The van der Waals surface area contributed by atoms with Crippen LogP contribution in [-0.2, 0) is 18.1 Å². The van der Waals surface area contributed by atoms with Crippen molar-refractivity contribution >= 4 is 14.9 Å². The third kappa shape index (κ3) is 4.75. The lowest BCUT2D eigenvalue weighted by Crippen LogP contribution is -2.61. The molecular weight excluding hydrogens is 238 g/mol. The van der Waals surface area contributed by atoms with Crippen molar-refractivity contribution in [2.45, 2.75) is 40.5 Å². The van der Waals surface area contributed by atoms with Gasteiger partial charge in [0.15, 0.2) is 0 Å². The molecule has 0 bridgehead atoms. The van der Waals surface area contributed by atoms with Crippen LogP contribution in [-0.4, -0.2) is 46.3 Å². The fourth-order valence-corrected chi connectivity index (χ4v) is 3.84. The van der Waals surface area contributed by atoms with E-state index in [2.05, 4.69) is 0 Å². The molecular formula is C11H25NO4Si. The minimum absolute atomic E-state index is 0.00881. The smallest absolute Gasteiger partial charge is 0.357 e. The second-order valence-electron chi connectivity index (χ2n) is 3.53. The van der Waals surface area contributed by atoms with Gasteiger partial charge in [0.1, 0.15) is 0 Å². The van der Waals surface area contributed by atoms with Crippen LogP contribution in [0.5, 0.6) is 0 Å². The zero-order valence-electron chi connectivity index (χ0n) is 11.6. The number of amides is 1. The first-order chi connectivity index (χ1) is 8.07. The topological polar surface area (TPSA) is 48.0 Å². The van der Waals surface area contributed by atoms with Crippen molar-refractivity contribution in [2.75, 3.05) is 26.9 Å². The number of hydrogen-bond acceptors (Lipinski definition) is 4. The Labute approximate surface area is 105 Å². The highest BCUT2D eigenvalue weighted by Gasteiger charge is 2.49. The quantitative estimate of drug-likeness (QED) is 0.595. The highest BCUT2D eigenvalue weighted by molar-refractivity contribution is 6.60. The van der Waals surface area contributed by atoms with Crippen molar-refractivity contribution < 1.29 is 18.1 Å². The maximum atomic E-state index is 11.9. The molecule has 102 valence electrons. The highest BCUT2D eigenvalue weighted by atomic mass is 28.4. The van der Waals surface area contributed by atoms with Gasteiger partial charge in [0.25, 0.3) is 0 Å². The van der Waals surface area contributed by atoms with Crippen LogP contribution in [0.25, 0.3) is 0 Å². The fraction of sp³-hybridized carbons (Fsp3) is 0.909. The van der Waals surface area contributed by atoms with Crippen LogP contribution < -0.4 is 0 Å². The van der Waals surface area contributed by atoms with Crippen LogP contribution in [0.15, 0.2) is 0 Å². The number of rotatable bonds is 9. The third-order valence-electron chi connectivity index (χ3n) is 2.23. The first-order valence-corrected chi connectivity index (χ1v) is 7.93. The molecule has 0 aliphatic rings. The molecule has 0 aromatic rings. The summed E-state index contributed by atoms with van der Waals surface area (Å²) in [5.41, 5.74) is 0. The minimum atomic E-state index is -3.02. The summed E-state index contributed by atoms with van der Waals surface area (Å²) in [6, 6.07) is 0. The number of hydrogen-bond donors (Lipinski definition) is 0. The minimum Gasteiger partial charge on any atom is -0.357 e. The molecule has 0 radical (unpaired) electrons. The molecule has 0 aliphatic heterocycles. The lowest BCUT2D eigenvalue weighted by molar-refractivity contribution is -0.130. The van der Waals surface area contributed by atoms with Gasteiger partial charge in [0.2, 0.25) is 5.91 Å². The van der Waals surface area contributed by atoms with Gasteiger partial charge in [-0.1, -0.05) is 6.92 Å². The van der Waals surface area contributed by atoms with Gasteiger partial charge >= 0.3 is 8.97 Å². The van der Waals surface area contributed by atoms with Crippen molar-refractivity contribution in [3.05, 3.63) is 0 Å². The molecule has 6 heteroatoms. The standard InChI is InChI=1S/C11H25NO4Si/c1-6-10-11(13)12(5)17(14-7-2,15-8-3)16-9-4/h6-10H2,1-5H3. The Morgan fingerprint density at radius 2 is 1.41 bits per heavy atom. The lowest BCUT2D eigenvalue weighted by Gasteiger charge is -2.34. The zero-order chi connectivity index (χ0) is 13.3. The van der Waals surface area contributed by atoms with Gasteiger partial charge < -0.3 is 17.8 Å². The van der Waals surface area contributed by atoms with E-state index in [0.717, 1.165) is 6.42 Å². The Kier molecular flexibility index (Phi) is 8.41. The lowest BCUT2D eigenvalue weighted by atomic mass is 10.3. The van der Waals surface area contributed by atoms with E-state index < -0.39 is 8.97 Å². The molecule has 0 N–H and O–H groups in total. The van der Waals surface area contributed by atoms with Crippen molar-refractivity contribution in [3.63, 3.8) is 0 Å². The maximum absolute atomic E-state index is 11.9. The van der Waals surface area contributed by atoms with E-state index in [1.807, 2.05) is 27.7 Å². The van der Waals surface area contributed by atoms with Crippen LogP contribution in [0.1, 0.15) is 40.5 Å². The highest BCUT2D eigenvalue weighted by Crippen LogP contribution is 2.16. The van der Waals surface area contributed by atoms with Gasteiger partial charge in [-0.25, -0.2) is 0 Å². The number of carbonyl (C=O) groups excluding carboxylic acids is 1. The van der Waals surface area contributed by atoms with Crippen LogP contribution in [0.4, 0.5) is 0 Å². The summed E-state index contributed by atoms with van der Waals surface area (Å²) in [4.78, 5) is 11.9. The molecule has 0 atom stereocenters. The van der Waals surface area contributed by atoms with Crippen molar-refractivity contribution in [1.82, 2.24) is 4.57 Å². The van der Waals surface area contributed by atoms with Gasteiger partial charge in [0, 0.05) is 33.3 Å². The first kappa shape index (κ1) is 16.6. The molecule has 0 saturated heterocycles. The molecule has 0 fully saturated rings. The fourth-order valence-electron chi connectivity index (χ4n) is 1.50.